The molecule has 1 fully saturated rings. The number of carbonyl (C=O) groups is 1. The standard InChI is InChI=1S/C22H28N2O6S/c1-28-19-8-9-20(29-2)21(14-19)31(26,27)23-15-17-10-12-24(13-11-17)22(25)16-30-18-6-4-3-5-7-18/h3-9,14,17,23H,10-13,15-16H2,1-2H3. The number of hydrogen-bond acceptors (Lipinski definition) is 6. The van der Waals surface area contributed by atoms with Gasteiger partial charge in [-0.3, -0.25) is 4.79 Å². The molecule has 2 aromatic rings. The number of ether oxygens (including phenoxy) is 3. The molecule has 0 aromatic heterocycles. The summed E-state index contributed by atoms with van der Waals surface area (Å²) < 4.78 is 44.1. The van der Waals surface area contributed by atoms with Crippen molar-refractivity contribution in [1.29, 1.82) is 0 Å². The zero-order valence-electron chi connectivity index (χ0n) is 17.7. The molecule has 0 spiro atoms. The van der Waals surface area contributed by atoms with E-state index in [0.717, 1.165) is 12.8 Å². The second-order valence-corrected chi connectivity index (χ2v) is 9.03. The molecule has 9 heteroatoms. The number of rotatable bonds is 9. The minimum atomic E-state index is -3.76. The van der Waals surface area contributed by atoms with Crippen molar-refractivity contribution in [1.82, 2.24) is 9.62 Å². The van der Waals surface area contributed by atoms with Crippen LogP contribution in [0.4, 0.5) is 0 Å². The second-order valence-electron chi connectivity index (χ2n) is 7.29. The van der Waals surface area contributed by atoms with Gasteiger partial charge in [0.25, 0.3) is 5.91 Å². The van der Waals surface area contributed by atoms with E-state index < -0.39 is 10.0 Å². The molecule has 1 amide bonds. The lowest BCUT2D eigenvalue weighted by molar-refractivity contribution is -0.134. The van der Waals surface area contributed by atoms with E-state index in [2.05, 4.69) is 4.72 Å². The van der Waals surface area contributed by atoms with Gasteiger partial charge >= 0.3 is 0 Å². The first-order valence-electron chi connectivity index (χ1n) is 10.1. The van der Waals surface area contributed by atoms with Gasteiger partial charge in [-0.05, 0) is 43.0 Å². The van der Waals surface area contributed by atoms with Crippen LogP contribution >= 0.6 is 0 Å². The molecule has 0 bridgehead atoms. The molecule has 1 saturated heterocycles. The van der Waals surface area contributed by atoms with Crippen LogP contribution in [0.15, 0.2) is 53.4 Å². The van der Waals surface area contributed by atoms with E-state index in [-0.39, 0.29) is 29.1 Å². The molecule has 3 rings (SSSR count). The number of amides is 1. The lowest BCUT2D eigenvalue weighted by atomic mass is 9.97. The first-order valence-corrected chi connectivity index (χ1v) is 11.6. The number of methoxy groups -OCH3 is 2. The summed E-state index contributed by atoms with van der Waals surface area (Å²) >= 11 is 0. The van der Waals surface area contributed by atoms with E-state index in [0.29, 0.717) is 31.1 Å². The summed E-state index contributed by atoms with van der Waals surface area (Å²) in [5.41, 5.74) is 0. The Kier molecular flexibility index (Phi) is 7.75. The third-order valence-electron chi connectivity index (χ3n) is 5.30. The fourth-order valence-electron chi connectivity index (χ4n) is 3.44. The van der Waals surface area contributed by atoms with Gasteiger partial charge in [-0.25, -0.2) is 13.1 Å². The van der Waals surface area contributed by atoms with E-state index in [1.54, 1.807) is 17.0 Å². The molecule has 31 heavy (non-hydrogen) atoms. The van der Waals surface area contributed by atoms with E-state index >= 15 is 0 Å². The number of nitrogens with one attached hydrogen (secondary N) is 1. The molecule has 0 aliphatic carbocycles. The quantitative estimate of drug-likeness (QED) is 0.633. The van der Waals surface area contributed by atoms with Gasteiger partial charge in [0.15, 0.2) is 6.61 Å². The van der Waals surface area contributed by atoms with Crippen molar-refractivity contribution in [2.24, 2.45) is 5.92 Å². The summed E-state index contributed by atoms with van der Waals surface area (Å²) in [4.78, 5) is 14.2. The summed E-state index contributed by atoms with van der Waals surface area (Å²) in [6.45, 7) is 1.44. The van der Waals surface area contributed by atoms with Gasteiger partial charge in [0, 0.05) is 25.7 Å². The van der Waals surface area contributed by atoms with Gasteiger partial charge < -0.3 is 19.1 Å². The Morgan fingerprint density at radius 2 is 1.74 bits per heavy atom. The summed E-state index contributed by atoms with van der Waals surface area (Å²) in [5, 5.41) is 0. The molecule has 1 aliphatic heterocycles. The van der Waals surface area contributed by atoms with Crippen LogP contribution in [0.1, 0.15) is 12.8 Å². The average molecular weight is 449 g/mol. The highest BCUT2D eigenvalue weighted by Gasteiger charge is 2.26. The molecule has 0 radical (unpaired) electrons. The Morgan fingerprint density at radius 3 is 2.39 bits per heavy atom. The number of hydrogen-bond donors (Lipinski definition) is 1. The maximum atomic E-state index is 12.8. The molecule has 1 aliphatic rings. The number of piperidine rings is 1. The third kappa shape index (κ3) is 6.11. The zero-order valence-corrected chi connectivity index (χ0v) is 18.6. The molecule has 1 N–H and O–H groups in total. The van der Waals surface area contributed by atoms with Gasteiger partial charge in [-0.2, -0.15) is 0 Å². The smallest absolute Gasteiger partial charge is 0.260 e. The zero-order chi connectivity index (χ0) is 22.3. The van der Waals surface area contributed by atoms with Crippen molar-refractivity contribution < 1.29 is 27.4 Å². The van der Waals surface area contributed by atoms with Crippen LogP contribution in [0, 0.1) is 5.92 Å². The first-order chi connectivity index (χ1) is 14.9. The molecule has 8 nitrogen and oxygen atoms in total. The van der Waals surface area contributed by atoms with Crippen LogP contribution in [-0.4, -0.2) is 59.7 Å². The lowest BCUT2D eigenvalue weighted by Crippen LogP contribution is -2.43. The molecular formula is C22H28N2O6S. The predicted octanol–water partition coefficient (Wildman–Crippen LogP) is 2.30. The number of benzene rings is 2. The van der Waals surface area contributed by atoms with Gasteiger partial charge in [0.2, 0.25) is 10.0 Å². The van der Waals surface area contributed by atoms with Crippen LogP contribution in [0.3, 0.4) is 0 Å². The lowest BCUT2D eigenvalue weighted by Gasteiger charge is -2.32. The van der Waals surface area contributed by atoms with Gasteiger partial charge in [0.1, 0.15) is 22.1 Å². The van der Waals surface area contributed by atoms with Gasteiger partial charge in [-0.1, -0.05) is 18.2 Å². The van der Waals surface area contributed by atoms with Crippen molar-refractivity contribution in [2.45, 2.75) is 17.7 Å². The fourth-order valence-corrected chi connectivity index (χ4v) is 4.74. The van der Waals surface area contributed by atoms with Crippen LogP contribution < -0.4 is 18.9 Å². The van der Waals surface area contributed by atoms with Crippen molar-refractivity contribution in [2.75, 3.05) is 40.5 Å². The Morgan fingerprint density at radius 1 is 1.03 bits per heavy atom. The molecule has 1 heterocycles. The maximum Gasteiger partial charge on any atom is 0.260 e. The summed E-state index contributed by atoms with van der Waals surface area (Å²) in [6.07, 6.45) is 1.43. The minimum Gasteiger partial charge on any atom is -0.497 e. The molecular weight excluding hydrogens is 420 g/mol. The topological polar surface area (TPSA) is 94.2 Å². The largest absolute Gasteiger partial charge is 0.497 e. The number of para-hydroxylation sites is 1. The van der Waals surface area contributed by atoms with Crippen LogP contribution in [0.2, 0.25) is 0 Å². The predicted molar refractivity (Wildman–Crippen MR) is 116 cm³/mol. The molecule has 0 unspecified atom stereocenters. The van der Waals surface area contributed by atoms with E-state index in [1.807, 2.05) is 30.3 Å². The van der Waals surface area contributed by atoms with Gasteiger partial charge in [0.05, 0.1) is 14.2 Å². The van der Waals surface area contributed by atoms with E-state index in [4.69, 9.17) is 14.2 Å². The number of sulfonamides is 1. The SMILES string of the molecule is COc1ccc(OC)c(S(=O)(=O)NCC2CCN(C(=O)COc3ccccc3)CC2)c1. The van der Waals surface area contributed by atoms with E-state index in [1.165, 1.54) is 20.3 Å². The van der Waals surface area contributed by atoms with Crippen LogP contribution in [-0.2, 0) is 14.8 Å². The molecule has 2 aromatic carbocycles. The summed E-state index contributed by atoms with van der Waals surface area (Å²) in [5.74, 6) is 1.43. The Labute approximate surface area is 183 Å². The third-order valence-corrected chi connectivity index (χ3v) is 6.74. The number of likely N-dealkylation sites (tertiary alicyclic amines) is 1. The highest BCUT2D eigenvalue weighted by molar-refractivity contribution is 7.89. The Hall–Kier alpha value is -2.78. The normalized spacial score (nSPS) is 14.8. The molecule has 168 valence electrons. The van der Waals surface area contributed by atoms with Crippen LogP contribution in [0.25, 0.3) is 0 Å². The first kappa shape index (κ1) is 22.9. The van der Waals surface area contributed by atoms with Crippen molar-refractivity contribution in [3.8, 4) is 17.2 Å². The second kappa shape index (κ2) is 10.5. The Bertz CT molecular complexity index is 973. The van der Waals surface area contributed by atoms with Crippen molar-refractivity contribution in [3.63, 3.8) is 0 Å². The van der Waals surface area contributed by atoms with Gasteiger partial charge in [-0.15, -0.1) is 0 Å². The fraction of sp³-hybridized carbons (Fsp3) is 0.409. The molecule has 0 saturated carbocycles. The highest BCUT2D eigenvalue weighted by Crippen LogP contribution is 2.28. The number of nitrogens with zero attached hydrogens (tertiary/aromatic N) is 1. The van der Waals surface area contributed by atoms with Crippen molar-refractivity contribution in [3.05, 3.63) is 48.5 Å². The monoisotopic (exact) mass is 448 g/mol. The van der Waals surface area contributed by atoms with Crippen LogP contribution in [0.5, 0.6) is 17.2 Å². The Balaban J connectivity index is 1.49. The summed E-state index contributed by atoms with van der Waals surface area (Å²) in [7, 11) is -0.856. The van der Waals surface area contributed by atoms with Crippen molar-refractivity contribution >= 4 is 15.9 Å². The maximum absolute atomic E-state index is 12.8. The number of carbonyl (C=O) groups excluding carboxylic acids is 1. The highest BCUT2D eigenvalue weighted by atomic mass is 32.2. The summed E-state index contributed by atoms with van der Waals surface area (Å²) in [6, 6.07) is 13.9. The van der Waals surface area contributed by atoms with E-state index in [9.17, 15) is 13.2 Å². The molecule has 0 atom stereocenters. The minimum absolute atomic E-state index is 0.00303. The average Bonchev–Trinajstić information content (AvgIpc) is 2.81.